The third-order valence-corrected chi connectivity index (χ3v) is 3.81. The van der Waals surface area contributed by atoms with Crippen LogP contribution in [0.3, 0.4) is 0 Å². The monoisotopic (exact) mass is 313 g/mol. The van der Waals surface area contributed by atoms with E-state index in [2.05, 4.69) is 5.32 Å². The molecular weight excluding hydrogens is 300 g/mol. The molecule has 0 heterocycles. The molecule has 0 spiro atoms. The van der Waals surface area contributed by atoms with Crippen molar-refractivity contribution in [3.8, 4) is 0 Å². The third kappa shape index (κ3) is 3.11. The number of anilines is 3. The first kappa shape index (κ1) is 15.2. The maximum Gasteiger partial charge on any atom is 0.238 e. The quantitative estimate of drug-likeness (QED) is 0.757. The first-order chi connectivity index (χ1) is 9.70. The highest BCUT2D eigenvalue weighted by Crippen LogP contribution is 2.30. The van der Waals surface area contributed by atoms with Crippen LogP contribution in [0.1, 0.15) is 5.56 Å². The van der Waals surface area contributed by atoms with E-state index >= 15 is 0 Å². The zero-order chi connectivity index (χ0) is 15.8. The smallest absolute Gasteiger partial charge is 0.238 e. The molecule has 0 aliphatic rings. The summed E-state index contributed by atoms with van der Waals surface area (Å²) < 4.78 is 50.2. The molecule has 0 aromatic heterocycles. The van der Waals surface area contributed by atoms with Crippen LogP contribution in [0.5, 0.6) is 0 Å². The lowest BCUT2D eigenvalue weighted by atomic mass is 10.2. The minimum Gasteiger partial charge on any atom is -0.397 e. The maximum atomic E-state index is 13.9. The van der Waals surface area contributed by atoms with Gasteiger partial charge >= 0.3 is 0 Å². The number of nitrogen functional groups attached to an aromatic ring is 1. The molecular formula is C13H13F2N3O2S. The van der Waals surface area contributed by atoms with E-state index < -0.39 is 27.3 Å². The molecule has 0 unspecified atom stereocenters. The van der Waals surface area contributed by atoms with Gasteiger partial charge in [0.2, 0.25) is 10.0 Å². The average molecular weight is 313 g/mol. The molecule has 2 aromatic rings. The van der Waals surface area contributed by atoms with Gasteiger partial charge in [0.1, 0.15) is 11.5 Å². The van der Waals surface area contributed by atoms with Crippen LogP contribution in [0.25, 0.3) is 0 Å². The molecule has 2 rings (SSSR count). The number of sulfonamides is 1. The molecule has 5 nitrogen and oxygen atoms in total. The van der Waals surface area contributed by atoms with Crippen LogP contribution in [0.4, 0.5) is 25.8 Å². The van der Waals surface area contributed by atoms with Crippen LogP contribution >= 0.6 is 0 Å². The Morgan fingerprint density at radius 1 is 1.14 bits per heavy atom. The number of hydrogen-bond acceptors (Lipinski definition) is 4. The van der Waals surface area contributed by atoms with Gasteiger partial charge in [-0.3, -0.25) is 0 Å². The zero-order valence-electron chi connectivity index (χ0n) is 11.0. The van der Waals surface area contributed by atoms with Gasteiger partial charge in [0.15, 0.2) is 5.82 Å². The predicted octanol–water partition coefficient (Wildman–Crippen LogP) is 2.25. The lowest BCUT2D eigenvalue weighted by Crippen LogP contribution is -2.13. The summed E-state index contributed by atoms with van der Waals surface area (Å²) in [6.07, 6.45) is 0. The first-order valence-electron chi connectivity index (χ1n) is 5.84. The van der Waals surface area contributed by atoms with Gasteiger partial charge in [0.05, 0.1) is 16.3 Å². The summed E-state index contributed by atoms with van der Waals surface area (Å²) in [5.41, 5.74) is 5.68. The summed E-state index contributed by atoms with van der Waals surface area (Å²) in [6, 6.07) is 6.00. The average Bonchev–Trinajstić information content (AvgIpc) is 2.40. The van der Waals surface area contributed by atoms with E-state index in [4.69, 9.17) is 10.9 Å². The fourth-order valence-electron chi connectivity index (χ4n) is 1.73. The molecule has 5 N–H and O–H groups in total. The molecule has 0 saturated carbocycles. The Bertz CT molecular complexity index is 807. The second kappa shape index (κ2) is 5.30. The normalized spacial score (nSPS) is 11.4. The summed E-state index contributed by atoms with van der Waals surface area (Å²) in [6.45, 7) is 1.48. The number of hydrogen-bond donors (Lipinski definition) is 3. The lowest BCUT2D eigenvalue weighted by molar-refractivity contribution is 0.585. The van der Waals surface area contributed by atoms with Crippen LogP contribution in [0.15, 0.2) is 35.2 Å². The molecule has 0 saturated heterocycles. The summed E-state index contributed by atoms with van der Waals surface area (Å²) >= 11 is 0. The third-order valence-electron chi connectivity index (χ3n) is 2.90. The zero-order valence-corrected chi connectivity index (χ0v) is 11.8. The standard InChI is InChI=1S/C13H13F2N3O2S/c1-7-2-4-9(14)13(12(7)15)18-11-6-8(21(17,19)20)3-5-10(11)16/h2-6,18H,16H2,1H3,(H2,17,19,20). The van der Waals surface area contributed by atoms with Crippen molar-refractivity contribution < 1.29 is 17.2 Å². The Labute approximate surface area is 120 Å². The van der Waals surface area contributed by atoms with Crippen molar-refractivity contribution in [2.24, 2.45) is 5.14 Å². The summed E-state index contributed by atoms with van der Waals surface area (Å²) in [7, 11) is -3.95. The van der Waals surface area contributed by atoms with Crippen LogP contribution < -0.4 is 16.2 Å². The van der Waals surface area contributed by atoms with Crippen LogP contribution in [0.2, 0.25) is 0 Å². The molecule has 0 aliphatic carbocycles. The van der Waals surface area contributed by atoms with Crippen molar-refractivity contribution >= 4 is 27.1 Å². The van der Waals surface area contributed by atoms with E-state index in [0.29, 0.717) is 0 Å². The van der Waals surface area contributed by atoms with Crippen molar-refractivity contribution in [2.75, 3.05) is 11.1 Å². The summed E-state index contributed by atoms with van der Waals surface area (Å²) in [4.78, 5) is -0.215. The maximum absolute atomic E-state index is 13.9. The molecule has 112 valence electrons. The molecule has 2 aromatic carbocycles. The van der Waals surface area contributed by atoms with Crippen LogP contribution in [0, 0.1) is 18.6 Å². The number of nitrogens with two attached hydrogens (primary N) is 2. The Morgan fingerprint density at radius 2 is 1.81 bits per heavy atom. The highest BCUT2D eigenvalue weighted by atomic mass is 32.2. The SMILES string of the molecule is Cc1ccc(F)c(Nc2cc(S(N)(=O)=O)ccc2N)c1F. The van der Waals surface area contributed by atoms with Crippen molar-refractivity contribution in [1.29, 1.82) is 0 Å². The fourth-order valence-corrected chi connectivity index (χ4v) is 2.27. The van der Waals surface area contributed by atoms with Crippen molar-refractivity contribution in [2.45, 2.75) is 11.8 Å². The van der Waals surface area contributed by atoms with Gasteiger partial charge in [-0.1, -0.05) is 6.07 Å². The van der Waals surface area contributed by atoms with Gasteiger partial charge < -0.3 is 11.1 Å². The number of primary sulfonamides is 1. The van der Waals surface area contributed by atoms with Gasteiger partial charge in [-0.05, 0) is 36.8 Å². The fraction of sp³-hybridized carbons (Fsp3) is 0.0769. The number of halogens is 2. The highest BCUT2D eigenvalue weighted by molar-refractivity contribution is 7.89. The largest absolute Gasteiger partial charge is 0.397 e. The minimum atomic E-state index is -3.95. The topological polar surface area (TPSA) is 98.2 Å². The second-order valence-electron chi connectivity index (χ2n) is 4.47. The van der Waals surface area contributed by atoms with E-state index in [1.54, 1.807) is 0 Å². The first-order valence-corrected chi connectivity index (χ1v) is 7.38. The van der Waals surface area contributed by atoms with E-state index in [1.807, 2.05) is 0 Å². The molecule has 8 heteroatoms. The van der Waals surface area contributed by atoms with Crippen molar-refractivity contribution in [3.05, 3.63) is 47.5 Å². The molecule has 0 amide bonds. The summed E-state index contributed by atoms with van der Waals surface area (Å²) in [5.74, 6) is -1.60. The van der Waals surface area contributed by atoms with E-state index in [1.165, 1.54) is 25.1 Å². The number of rotatable bonds is 3. The predicted molar refractivity (Wildman–Crippen MR) is 76.6 cm³/mol. The lowest BCUT2D eigenvalue weighted by Gasteiger charge is -2.13. The Morgan fingerprint density at radius 3 is 2.43 bits per heavy atom. The summed E-state index contributed by atoms with van der Waals surface area (Å²) in [5, 5.41) is 7.48. The van der Waals surface area contributed by atoms with E-state index in [0.717, 1.165) is 12.1 Å². The number of nitrogens with one attached hydrogen (secondary N) is 1. The molecule has 21 heavy (non-hydrogen) atoms. The van der Waals surface area contributed by atoms with Gasteiger partial charge in [0, 0.05) is 0 Å². The highest BCUT2D eigenvalue weighted by Gasteiger charge is 2.15. The van der Waals surface area contributed by atoms with Gasteiger partial charge in [-0.15, -0.1) is 0 Å². The number of benzene rings is 2. The molecule has 0 aliphatic heterocycles. The molecule has 0 fully saturated rings. The van der Waals surface area contributed by atoms with Gasteiger partial charge in [-0.25, -0.2) is 22.3 Å². The Hall–Kier alpha value is -2.19. The van der Waals surface area contributed by atoms with E-state index in [9.17, 15) is 17.2 Å². The van der Waals surface area contributed by atoms with Gasteiger partial charge in [0.25, 0.3) is 0 Å². The van der Waals surface area contributed by atoms with Crippen LogP contribution in [-0.2, 0) is 10.0 Å². The van der Waals surface area contributed by atoms with Crippen molar-refractivity contribution in [3.63, 3.8) is 0 Å². The Balaban J connectivity index is 2.52. The number of aryl methyl sites for hydroxylation is 1. The molecule has 0 bridgehead atoms. The van der Waals surface area contributed by atoms with Crippen LogP contribution in [-0.4, -0.2) is 8.42 Å². The van der Waals surface area contributed by atoms with Gasteiger partial charge in [-0.2, -0.15) is 0 Å². The Kier molecular flexibility index (Phi) is 3.84. The second-order valence-corrected chi connectivity index (χ2v) is 6.03. The molecule has 0 atom stereocenters. The minimum absolute atomic E-state index is 0.0462. The van der Waals surface area contributed by atoms with E-state index in [-0.39, 0.29) is 21.8 Å². The molecule has 0 radical (unpaired) electrons. The van der Waals surface area contributed by atoms with Crippen molar-refractivity contribution in [1.82, 2.24) is 0 Å².